The van der Waals surface area contributed by atoms with Gasteiger partial charge in [-0.1, -0.05) is 36.4 Å². The van der Waals surface area contributed by atoms with Gasteiger partial charge in [0.1, 0.15) is 11.6 Å². The van der Waals surface area contributed by atoms with Gasteiger partial charge in [0, 0.05) is 5.56 Å². The second-order valence-electron chi connectivity index (χ2n) is 4.56. The van der Waals surface area contributed by atoms with Crippen molar-refractivity contribution in [3.05, 3.63) is 77.6 Å². The summed E-state index contributed by atoms with van der Waals surface area (Å²) in [6.07, 6.45) is 0. The van der Waals surface area contributed by atoms with Gasteiger partial charge in [-0.25, -0.2) is 4.39 Å². The quantitative estimate of drug-likeness (QED) is 0.714. The zero-order valence-corrected chi connectivity index (χ0v) is 10.5. The van der Waals surface area contributed by atoms with E-state index in [2.05, 4.69) is 0 Å². The van der Waals surface area contributed by atoms with Crippen LogP contribution in [0.4, 0.5) is 4.39 Å². The first kappa shape index (κ1) is 12.4. The van der Waals surface area contributed by atoms with E-state index in [1.165, 1.54) is 18.2 Å². The molecule has 0 aromatic heterocycles. The van der Waals surface area contributed by atoms with Crippen LogP contribution >= 0.6 is 0 Å². The fraction of sp³-hybridized carbons (Fsp3) is 0. The topological polar surface area (TPSA) is 37.3 Å². The van der Waals surface area contributed by atoms with Crippen LogP contribution in [0.1, 0.15) is 15.9 Å². The molecule has 0 unspecified atom stereocenters. The summed E-state index contributed by atoms with van der Waals surface area (Å²) in [5, 5.41) is 11.7. The average Bonchev–Trinajstić information content (AvgIpc) is 2.46. The lowest BCUT2D eigenvalue weighted by Gasteiger charge is -2.06. The average molecular weight is 266 g/mol. The molecule has 0 spiro atoms. The number of carbonyl (C=O) groups excluding carboxylic acids is 1. The second-order valence-corrected chi connectivity index (χ2v) is 4.56. The van der Waals surface area contributed by atoms with E-state index < -0.39 is 11.6 Å². The minimum Gasteiger partial charge on any atom is -0.507 e. The van der Waals surface area contributed by atoms with Crippen molar-refractivity contribution in [2.45, 2.75) is 0 Å². The van der Waals surface area contributed by atoms with Crippen molar-refractivity contribution >= 4 is 16.6 Å². The van der Waals surface area contributed by atoms with Crippen LogP contribution in [0, 0.1) is 5.82 Å². The molecule has 0 saturated carbocycles. The molecule has 0 bridgehead atoms. The highest BCUT2D eigenvalue weighted by atomic mass is 19.1. The van der Waals surface area contributed by atoms with Crippen LogP contribution in [0.2, 0.25) is 0 Å². The number of fused-ring (bicyclic) bond motifs is 1. The number of benzene rings is 3. The van der Waals surface area contributed by atoms with Gasteiger partial charge in [0.15, 0.2) is 5.78 Å². The number of phenolic OH excluding ortho intramolecular Hbond substituents is 1. The maximum atomic E-state index is 13.2. The molecule has 0 fully saturated rings. The first-order valence-corrected chi connectivity index (χ1v) is 6.17. The highest BCUT2D eigenvalue weighted by Gasteiger charge is 2.15. The molecule has 0 aliphatic carbocycles. The van der Waals surface area contributed by atoms with Crippen LogP contribution in [0.3, 0.4) is 0 Å². The molecule has 3 rings (SSSR count). The summed E-state index contributed by atoms with van der Waals surface area (Å²) in [5.41, 5.74) is 0.393. The van der Waals surface area contributed by atoms with E-state index in [1.807, 2.05) is 24.3 Å². The molecule has 98 valence electrons. The van der Waals surface area contributed by atoms with E-state index in [-0.39, 0.29) is 16.9 Å². The van der Waals surface area contributed by atoms with Gasteiger partial charge in [0.2, 0.25) is 0 Å². The zero-order chi connectivity index (χ0) is 14.1. The van der Waals surface area contributed by atoms with Gasteiger partial charge in [-0.15, -0.1) is 0 Å². The first-order valence-electron chi connectivity index (χ1n) is 6.17. The van der Waals surface area contributed by atoms with Crippen LogP contribution in [-0.4, -0.2) is 10.9 Å². The standard InChI is InChI=1S/C17H11FO2/c18-14-7-3-6-13(8-14)17(20)15-9-11-4-1-2-5-12(11)10-16(15)19/h1-10,19H. The number of hydrogen-bond acceptors (Lipinski definition) is 2. The Morgan fingerprint density at radius 2 is 1.60 bits per heavy atom. The fourth-order valence-electron chi connectivity index (χ4n) is 2.20. The highest BCUT2D eigenvalue weighted by Crippen LogP contribution is 2.27. The van der Waals surface area contributed by atoms with Gasteiger partial charge in [0.25, 0.3) is 0 Å². The third kappa shape index (κ3) is 2.14. The SMILES string of the molecule is O=C(c1cccc(F)c1)c1cc2ccccc2cc1O. The van der Waals surface area contributed by atoms with Crippen LogP contribution in [0.25, 0.3) is 10.8 Å². The summed E-state index contributed by atoms with van der Waals surface area (Å²) >= 11 is 0. The second kappa shape index (κ2) is 4.78. The molecule has 0 amide bonds. The van der Waals surface area contributed by atoms with Gasteiger partial charge in [-0.2, -0.15) is 0 Å². The smallest absolute Gasteiger partial charge is 0.196 e. The summed E-state index contributed by atoms with van der Waals surface area (Å²) in [5.74, 6) is -0.971. The fourth-order valence-corrected chi connectivity index (χ4v) is 2.20. The van der Waals surface area contributed by atoms with Gasteiger partial charge in [-0.05, 0) is 35.0 Å². The normalized spacial score (nSPS) is 10.7. The Hall–Kier alpha value is -2.68. The van der Waals surface area contributed by atoms with Crippen molar-refractivity contribution in [3.63, 3.8) is 0 Å². The lowest BCUT2D eigenvalue weighted by molar-refractivity contribution is 0.103. The molecule has 20 heavy (non-hydrogen) atoms. The molecule has 3 aromatic carbocycles. The number of carbonyl (C=O) groups is 1. The third-order valence-electron chi connectivity index (χ3n) is 3.20. The number of phenols is 1. The molecule has 0 aliphatic heterocycles. The molecule has 3 heteroatoms. The van der Waals surface area contributed by atoms with E-state index in [0.717, 1.165) is 16.8 Å². The van der Waals surface area contributed by atoms with Crippen LogP contribution < -0.4 is 0 Å². The van der Waals surface area contributed by atoms with Gasteiger partial charge in [0.05, 0.1) is 5.56 Å². The maximum absolute atomic E-state index is 13.2. The van der Waals surface area contributed by atoms with Crippen molar-refractivity contribution in [1.82, 2.24) is 0 Å². The Labute approximate surface area is 115 Å². The predicted molar refractivity (Wildman–Crippen MR) is 75.4 cm³/mol. The minimum absolute atomic E-state index is 0.0991. The molecule has 0 heterocycles. The summed E-state index contributed by atoms with van der Waals surface area (Å²) in [6.45, 7) is 0. The number of rotatable bonds is 2. The number of halogens is 1. The largest absolute Gasteiger partial charge is 0.507 e. The van der Waals surface area contributed by atoms with Gasteiger partial charge < -0.3 is 5.11 Å². The van der Waals surface area contributed by atoms with Gasteiger partial charge >= 0.3 is 0 Å². The molecule has 0 atom stereocenters. The summed E-state index contributed by atoms with van der Waals surface area (Å²) in [7, 11) is 0. The molecule has 1 N–H and O–H groups in total. The number of ketones is 1. The van der Waals surface area contributed by atoms with Crippen molar-refractivity contribution < 1.29 is 14.3 Å². The van der Waals surface area contributed by atoms with Crippen LogP contribution in [0.15, 0.2) is 60.7 Å². The van der Waals surface area contributed by atoms with Crippen molar-refractivity contribution in [3.8, 4) is 5.75 Å². The Bertz CT molecular complexity index is 809. The Morgan fingerprint density at radius 3 is 2.30 bits per heavy atom. The molecule has 3 aromatic rings. The lowest BCUT2D eigenvalue weighted by Crippen LogP contribution is -2.02. The van der Waals surface area contributed by atoms with E-state index in [0.29, 0.717) is 0 Å². The van der Waals surface area contributed by atoms with Crippen molar-refractivity contribution in [2.75, 3.05) is 0 Å². The predicted octanol–water partition coefficient (Wildman–Crippen LogP) is 3.92. The highest BCUT2D eigenvalue weighted by molar-refractivity contribution is 6.12. The summed E-state index contributed by atoms with van der Waals surface area (Å²) in [4.78, 5) is 12.3. The van der Waals surface area contributed by atoms with E-state index in [1.54, 1.807) is 12.1 Å². The summed E-state index contributed by atoms with van der Waals surface area (Å²) < 4.78 is 13.2. The number of hydrogen-bond donors (Lipinski definition) is 1. The van der Waals surface area contributed by atoms with Gasteiger partial charge in [-0.3, -0.25) is 4.79 Å². The Morgan fingerprint density at radius 1 is 0.900 bits per heavy atom. The monoisotopic (exact) mass is 266 g/mol. The Balaban J connectivity index is 2.14. The maximum Gasteiger partial charge on any atom is 0.196 e. The van der Waals surface area contributed by atoms with Crippen LogP contribution in [0.5, 0.6) is 5.75 Å². The summed E-state index contributed by atoms with van der Waals surface area (Å²) in [6, 6.07) is 16.0. The minimum atomic E-state index is -0.476. The molecule has 0 saturated heterocycles. The first-order chi connectivity index (χ1) is 9.65. The van der Waals surface area contributed by atoms with Crippen LogP contribution in [-0.2, 0) is 0 Å². The van der Waals surface area contributed by atoms with E-state index in [9.17, 15) is 14.3 Å². The third-order valence-corrected chi connectivity index (χ3v) is 3.20. The Kier molecular flexibility index (Phi) is 2.95. The molecule has 2 nitrogen and oxygen atoms in total. The lowest BCUT2D eigenvalue weighted by atomic mass is 9.99. The van der Waals surface area contributed by atoms with E-state index in [4.69, 9.17) is 0 Å². The molecule has 0 aliphatic rings. The van der Waals surface area contributed by atoms with Crippen molar-refractivity contribution in [1.29, 1.82) is 0 Å². The van der Waals surface area contributed by atoms with Crippen molar-refractivity contribution in [2.24, 2.45) is 0 Å². The number of aromatic hydroxyl groups is 1. The van der Waals surface area contributed by atoms with E-state index >= 15 is 0 Å². The zero-order valence-electron chi connectivity index (χ0n) is 10.5. The molecule has 0 radical (unpaired) electrons. The molecular formula is C17H11FO2. The molecular weight excluding hydrogens is 255 g/mol.